The van der Waals surface area contributed by atoms with Crippen LogP contribution in [0.2, 0.25) is 0 Å². The number of hydrogen-bond donors (Lipinski definition) is 2. The monoisotopic (exact) mass is 405 g/mol. The number of rotatable bonds is 5. The Balaban J connectivity index is 1.72. The molecular weight excluding hydrogens is 394 g/mol. The van der Waals surface area contributed by atoms with E-state index in [2.05, 4.69) is 41.5 Å². The molecule has 128 valence electrons. The molecule has 0 fully saturated rings. The van der Waals surface area contributed by atoms with Crippen molar-refractivity contribution in [3.8, 4) is 0 Å². The molecule has 11 heteroatoms. The lowest BCUT2D eigenvalue weighted by molar-refractivity contribution is -0.390. The second kappa shape index (κ2) is 6.81. The molecule has 0 spiro atoms. The third-order valence-corrected chi connectivity index (χ3v) is 4.19. The molecule has 0 aliphatic rings. The molecule has 0 saturated carbocycles. The van der Waals surface area contributed by atoms with Gasteiger partial charge in [-0.25, -0.2) is 9.67 Å². The maximum absolute atomic E-state index is 12.2. The van der Waals surface area contributed by atoms with Crippen molar-refractivity contribution in [2.75, 3.05) is 5.32 Å². The first-order chi connectivity index (χ1) is 12.0. The van der Waals surface area contributed by atoms with E-state index in [1.54, 1.807) is 4.68 Å². The summed E-state index contributed by atoms with van der Waals surface area (Å²) in [6.45, 7) is 2.50. The number of H-pyrrole nitrogens is 1. The fourth-order valence-electron chi connectivity index (χ4n) is 2.14. The summed E-state index contributed by atoms with van der Waals surface area (Å²) in [4.78, 5) is 26.3. The highest BCUT2D eigenvalue weighted by Gasteiger charge is 2.25. The lowest BCUT2D eigenvalue weighted by atomic mass is 10.1. The second-order valence-corrected chi connectivity index (χ2v) is 5.93. The van der Waals surface area contributed by atoms with Crippen LogP contribution in [0.3, 0.4) is 0 Å². The molecular formula is C14H12BrN7O3. The van der Waals surface area contributed by atoms with Gasteiger partial charge in [-0.3, -0.25) is 10.1 Å². The fraction of sp³-hybridized carbons (Fsp3) is 0.143. The molecule has 0 bridgehead atoms. The van der Waals surface area contributed by atoms with Gasteiger partial charge >= 0.3 is 5.82 Å². The minimum absolute atomic E-state index is 0.0330. The van der Waals surface area contributed by atoms with Gasteiger partial charge in [-0.2, -0.15) is 0 Å². The van der Waals surface area contributed by atoms with Crippen molar-refractivity contribution >= 4 is 33.6 Å². The molecule has 0 atom stereocenters. The lowest BCUT2D eigenvalue weighted by Gasteiger charge is -2.04. The summed E-state index contributed by atoms with van der Waals surface area (Å²) in [5.41, 5.74) is 2.05. The number of hydrogen-bond acceptors (Lipinski definition) is 6. The molecule has 2 N–H and O–H groups in total. The summed E-state index contributed by atoms with van der Waals surface area (Å²) < 4.78 is 1.55. The van der Waals surface area contributed by atoms with Crippen LogP contribution in [0.5, 0.6) is 0 Å². The zero-order valence-electron chi connectivity index (χ0n) is 12.9. The third-order valence-electron chi connectivity index (χ3n) is 3.44. The van der Waals surface area contributed by atoms with E-state index in [-0.39, 0.29) is 16.1 Å². The van der Waals surface area contributed by atoms with E-state index < -0.39 is 16.6 Å². The van der Waals surface area contributed by atoms with Crippen LogP contribution in [0, 0.1) is 17.0 Å². The smallest absolute Gasteiger partial charge is 0.357 e. The number of anilines is 1. The summed E-state index contributed by atoms with van der Waals surface area (Å²) >= 11 is 2.98. The lowest BCUT2D eigenvalue weighted by Crippen LogP contribution is -2.14. The molecule has 3 rings (SSSR count). The summed E-state index contributed by atoms with van der Waals surface area (Å²) in [5.74, 6) is -0.982. The van der Waals surface area contributed by atoms with Crippen molar-refractivity contribution in [1.82, 2.24) is 25.0 Å². The zero-order valence-corrected chi connectivity index (χ0v) is 14.5. The van der Waals surface area contributed by atoms with Crippen LogP contribution < -0.4 is 5.32 Å². The average Bonchev–Trinajstić information content (AvgIpc) is 3.16. The first kappa shape index (κ1) is 16.8. The second-order valence-electron chi connectivity index (χ2n) is 5.14. The van der Waals surface area contributed by atoms with E-state index in [1.165, 1.54) is 6.33 Å². The van der Waals surface area contributed by atoms with E-state index >= 15 is 0 Å². The molecule has 0 radical (unpaired) electrons. The van der Waals surface area contributed by atoms with Gasteiger partial charge in [0.15, 0.2) is 5.69 Å². The van der Waals surface area contributed by atoms with Crippen molar-refractivity contribution in [3.05, 3.63) is 62.0 Å². The maximum atomic E-state index is 12.2. The van der Waals surface area contributed by atoms with Gasteiger partial charge in [-0.05, 0) is 38.9 Å². The van der Waals surface area contributed by atoms with Crippen LogP contribution in [0.4, 0.5) is 11.8 Å². The van der Waals surface area contributed by atoms with Gasteiger partial charge in [0.25, 0.3) is 5.91 Å². The molecule has 0 aliphatic carbocycles. The molecule has 10 nitrogen and oxygen atoms in total. The number of nitrogens with one attached hydrogen (secondary N) is 2. The number of aromatic nitrogens is 5. The highest BCUT2D eigenvalue weighted by Crippen LogP contribution is 2.25. The van der Waals surface area contributed by atoms with Crippen molar-refractivity contribution in [2.45, 2.75) is 13.5 Å². The van der Waals surface area contributed by atoms with Crippen LogP contribution in [0.15, 0.2) is 35.1 Å². The summed E-state index contributed by atoms with van der Waals surface area (Å²) in [7, 11) is 0. The van der Waals surface area contributed by atoms with Gasteiger partial charge in [0.2, 0.25) is 5.95 Å². The number of amides is 1. The largest absolute Gasteiger partial charge is 0.358 e. The highest BCUT2D eigenvalue weighted by molar-refractivity contribution is 9.10. The van der Waals surface area contributed by atoms with Crippen molar-refractivity contribution in [2.24, 2.45) is 0 Å². The van der Waals surface area contributed by atoms with Crippen molar-refractivity contribution < 1.29 is 9.72 Å². The van der Waals surface area contributed by atoms with Crippen LogP contribution in [-0.4, -0.2) is 35.8 Å². The van der Waals surface area contributed by atoms with Crippen LogP contribution in [0.25, 0.3) is 0 Å². The van der Waals surface area contributed by atoms with Gasteiger partial charge < -0.3 is 10.1 Å². The van der Waals surface area contributed by atoms with Gasteiger partial charge in [-0.1, -0.05) is 29.4 Å². The minimum Gasteiger partial charge on any atom is -0.358 e. The topological polar surface area (TPSA) is 132 Å². The molecule has 1 amide bonds. The molecule has 2 aromatic heterocycles. The van der Waals surface area contributed by atoms with E-state index in [0.29, 0.717) is 6.54 Å². The standard InChI is InChI=1S/C14H12BrN7O3/c1-8-4-2-3-5-9(8)6-21-7-16-14(20-21)17-13(23)11-10(15)12(19-18-11)22(24)25/h2-5,7H,6H2,1H3,(H,18,19)(H,17,20,23). The highest BCUT2D eigenvalue weighted by atomic mass is 79.9. The van der Waals surface area contributed by atoms with Crippen LogP contribution >= 0.6 is 15.9 Å². The first-order valence-electron chi connectivity index (χ1n) is 7.09. The Morgan fingerprint density at radius 1 is 1.44 bits per heavy atom. The van der Waals surface area contributed by atoms with Gasteiger partial charge in [0.1, 0.15) is 10.8 Å². The zero-order chi connectivity index (χ0) is 18.0. The molecule has 2 heterocycles. The SMILES string of the molecule is Cc1ccccc1Cn1cnc(NC(=O)c2n[nH]c([N+](=O)[O-])c2Br)n1. The summed E-state index contributed by atoms with van der Waals surface area (Å²) in [6, 6.07) is 7.86. The molecule has 0 unspecified atom stereocenters. The Bertz CT molecular complexity index is 950. The average molecular weight is 406 g/mol. The van der Waals surface area contributed by atoms with Crippen LogP contribution in [-0.2, 0) is 6.54 Å². The van der Waals surface area contributed by atoms with E-state index in [0.717, 1.165) is 11.1 Å². The Labute approximate surface area is 149 Å². The van der Waals surface area contributed by atoms with E-state index in [9.17, 15) is 14.9 Å². The number of aryl methyl sites for hydroxylation is 1. The fourth-order valence-corrected chi connectivity index (χ4v) is 2.64. The number of benzene rings is 1. The minimum atomic E-state index is -0.678. The molecule has 0 aliphatic heterocycles. The predicted molar refractivity (Wildman–Crippen MR) is 91.2 cm³/mol. The van der Waals surface area contributed by atoms with Crippen molar-refractivity contribution in [3.63, 3.8) is 0 Å². The number of nitro groups is 1. The van der Waals surface area contributed by atoms with Gasteiger partial charge in [0, 0.05) is 0 Å². The molecule has 1 aromatic carbocycles. The van der Waals surface area contributed by atoms with Crippen molar-refractivity contribution in [1.29, 1.82) is 0 Å². The Kier molecular flexibility index (Phi) is 4.57. The molecule has 3 aromatic rings. The number of carbonyl (C=O) groups excluding carboxylic acids is 1. The van der Waals surface area contributed by atoms with E-state index in [1.807, 2.05) is 31.2 Å². The predicted octanol–water partition coefficient (Wildman–Crippen LogP) is 2.28. The van der Waals surface area contributed by atoms with Gasteiger partial charge in [0.05, 0.1) is 6.54 Å². The molecule has 0 saturated heterocycles. The van der Waals surface area contributed by atoms with Crippen LogP contribution in [0.1, 0.15) is 21.6 Å². The summed E-state index contributed by atoms with van der Waals surface area (Å²) in [6.07, 6.45) is 1.49. The normalized spacial score (nSPS) is 10.6. The number of halogens is 1. The Morgan fingerprint density at radius 2 is 2.20 bits per heavy atom. The number of nitrogens with zero attached hydrogens (tertiary/aromatic N) is 5. The number of aromatic amines is 1. The van der Waals surface area contributed by atoms with Gasteiger partial charge in [-0.15, -0.1) is 10.2 Å². The Hall–Kier alpha value is -3.08. The maximum Gasteiger partial charge on any atom is 0.357 e. The first-order valence-corrected chi connectivity index (χ1v) is 7.88. The Morgan fingerprint density at radius 3 is 2.88 bits per heavy atom. The third kappa shape index (κ3) is 3.55. The summed E-state index contributed by atoms with van der Waals surface area (Å²) in [5, 5.41) is 23.2. The molecule has 25 heavy (non-hydrogen) atoms. The number of carbonyl (C=O) groups is 1. The quantitative estimate of drug-likeness (QED) is 0.494. The van der Waals surface area contributed by atoms with E-state index in [4.69, 9.17) is 0 Å².